The van der Waals surface area contributed by atoms with Gasteiger partial charge in [-0.25, -0.2) is 0 Å². The van der Waals surface area contributed by atoms with Gasteiger partial charge in [0.25, 0.3) is 0 Å². The van der Waals surface area contributed by atoms with Crippen LogP contribution in [0.25, 0.3) is 88.0 Å². The van der Waals surface area contributed by atoms with Crippen LogP contribution in [-0.4, -0.2) is 7.11 Å². The molecule has 9 aromatic carbocycles. The van der Waals surface area contributed by atoms with Crippen LogP contribution >= 0.6 is 0 Å². The molecular weight excluding hydrogens is 605 g/mol. The zero-order valence-corrected chi connectivity index (χ0v) is 27.8. The first-order valence-electron chi connectivity index (χ1n) is 17.1. The maximum Gasteiger partial charge on any atom is 0.134 e. The van der Waals surface area contributed by atoms with E-state index in [4.69, 9.17) is 4.74 Å². The molecule has 0 aromatic heterocycles. The van der Waals surface area contributed by atoms with Crippen LogP contribution in [0.5, 0.6) is 5.75 Å². The van der Waals surface area contributed by atoms with E-state index in [2.05, 4.69) is 182 Å². The smallest absolute Gasteiger partial charge is 0.134 e. The number of rotatable bonds is 6. The van der Waals surface area contributed by atoms with E-state index in [1.807, 2.05) is 6.07 Å². The Labute approximate surface area is 292 Å². The molecule has 0 saturated carbocycles. The van der Waals surface area contributed by atoms with Crippen LogP contribution < -0.4 is 4.74 Å². The third-order valence-corrected chi connectivity index (χ3v) is 9.96. The minimum Gasteiger partial charge on any atom is -0.495 e. The number of fused-ring (bicyclic) bond motifs is 3. The van der Waals surface area contributed by atoms with Crippen LogP contribution in [0.15, 0.2) is 188 Å². The molecule has 0 bridgehead atoms. The van der Waals surface area contributed by atoms with Crippen molar-refractivity contribution < 1.29 is 4.74 Å². The third-order valence-electron chi connectivity index (χ3n) is 9.96. The predicted molar refractivity (Wildman–Crippen MR) is 213 cm³/mol. The summed E-state index contributed by atoms with van der Waals surface area (Å²) in [4.78, 5) is 0. The summed E-state index contributed by atoms with van der Waals surface area (Å²) in [6, 6.07) is 67.9. The molecule has 0 fully saturated rings. The van der Waals surface area contributed by atoms with Crippen LogP contribution in [-0.2, 0) is 0 Å². The number of hydrogen-bond donors (Lipinski definition) is 0. The van der Waals surface area contributed by atoms with Crippen molar-refractivity contribution in [2.45, 2.75) is 0 Å². The van der Waals surface area contributed by atoms with Crippen molar-refractivity contribution >= 4 is 32.3 Å². The quantitative estimate of drug-likeness (QED) is 0.165. The van der Waals surface area contributed by atoms with Gasteiger partial charge in [-0.3, -0.25) is 0 Å². The van der Waals surface area contributed by atoms with Crippen LogP contribution in [0.4, 0.5) is 0 Å². The molecule has 0 saturated heterocycles. The Morgan fingerprint density at radius 2 is 0.820 bits per heavy atom. The van der Waals surface area contributed by atoms with Gasteiger partial charge in [0.2, 0.25) is 0 Å². The van der Waals surface area contributed by atoms with Crippen molar-refractivity contribution in [1.82, 2.24) is 0 Å². The van der Waals surface area contributed by atoms with E-state index in [1.54, 1.807) is 7.11 Å². The number of para-hydroxylation sites is 1. The second kappa shape index (κ2) is 12.5. The topological polar surface area (TPSA) is 9.23 Å². The van der Waals surface area contributed by atoms with Gasteiger partial charge in [0.1, 0.15) is 5.75 Å². The van der Waals surface area contributed by atoms with E-state index in [0.717, 1.165) is 28.0 Å². The Morgan fingerprint density at radius 3 is 1.58 bits per heavy atom. The first-order valence-corrected chi connectivity index (χ1v) is 17.1. The number of benzene rings is 9. The largest absolute Gasteiger partial charge is 0.495 e. The average Bonchev–Trinajstić information content (AvgIpc) is 3.20. The lowest BCUT2D eigenvalue weighted by Crippen LogP contribution is -1.94. The minimum atomic E-state index is 0.878. The van der Waals surface area contributed by atoms with E-state index in [9.17, 15) is 0 Å². The Hall–Kier alpha value is -6.44. The molecule has 0 aliphatic rings. The van der Waals surface area contributed by atoms with Gasteiger partial charge < -0.3 is 4.74 Å². The molecule has 9 rings (SSSR count). The zero-order valence-electron chi connectivity index (χ0n) is 27.8. The Bertz CT molecular complexity index is 2670. The summed E-state index contributed by atoms with van der Waals surface area (Å²) in [7, 11) is 1.77. The number of ether oxygens (including phenoxy) is 1. The summed E-state index contributed by atoms with van der Waals surface area (Å²) in [5.41, 5.74) is 11.7. The number of methoxy groups -OCH3 is 1. The maximum atomic E-state index is 6.14. The summed E-state index contributed by atoms with van der Waals surface area (Å²) in [6.45, 7) is 0. The van der Waals surface area contributed by atoms with E-state index in [0.29, 0.717) is 0 Å². The fraction of sp³-hybridized carbons (Fsp3) is 0.0204. The summed E-state index contributed by atoms with van der Waals surface area (Å²) in [6.07, 6.45) is 0. The van der Waals surface area contributed by atoms with Crippen molar-refractivity contribution in [2.24, 2.45) is 0 Å². The fourth-order valence-corrected chi connectivity index (χ4v) is 7.70. The Balaban J connectivity index is 1.35. The molecule has 0 heterocycles. The highest BCUT2D eigenvalue weighted by Crippen LogP contribution is 2.47. The SMILES string of the molecule is COc1c(-c2ccccc2)cccc1-c1cccc(-c2c3ccccc3c(-c3cccc4ccccc34)c3ccc(-c4ccccc4)cc23)c1. The zero-order chi connectivity index (χ0) is 33.4. The van der Waals surface area contributed by atoms with Gasteiger partial charge >= 0.3 is 0 Å². The first-order chi connectivity index (χ1) is 24.8. The maximum absolute atomic E-state index is 6.14. The summed E-state index contributed by atoms with van der Waals surface area (Å²) in [5, 5.41) is 7.45. The molecule has 0 unspecified atom stereocenters. The highest BCUT2D eigenvalue weighted by atomic mass is 16.5. The van der Waals surface area contributed by atoms with Gasteiger partial charge in [-0.2, -0.15) is 0 Å². The van der Waals surface area contributed by atoms with Gasteiger partial charge in [-0.15, -0.1) is 0 Å². The van der Waals surface area contributed by atoms with E-state index in [-0.39, 0.29) is 0 Å². The molecule has 0 aliphatic carbocycles. The van der Waals surface area contributed by atoms with Crippen LogP contribution in [0.2, 0.25) is 0 Å². The van der Waals surface area contributed by atoms with Gasteiger partial charge in [0.05, 0.1) is 7.11 Å². The minimum absolute atomic E-state index is 0.878. The van der Waals surface area contributed by atoms with E-state index in [1.165, 1.54) is 65.7 Å². The van der Waals surface area contributed by atoms with Crippen molar-refractivity contribution in [2.75, 3.05) is 7.11 Å². The molecule has 0 amide bonds. The lowest BCUT2D eigenvalue weighted by Gasteiger charge is -2.20. The van der Waals surface area contributed by atoms with Crippen molar-refractivity contribution in [3.05, 3.63) is 188 Å². The van der Waals surface area contributed by atoms with Crippen LogP contribution in [0.1, 0.15) is 0 Å². The lowest BCUT2D eigenvalue weighted by atomic mass is 9.83. The molecule has 1 nitrogen and oxygen atoms in total. The summed E-state index contributed by atoms with van der Waals surface area (Å²) >= 11 is 0. The van der Waals surface area contributed by atoms with Crippen LogP contribution in [0, 0.1) is 0 Å². The summed E-state index contributed by atoms with van der Waals surface area (Å²) < 4.78 is 6.14. The molecule has 0 radical (unpaired) electrons. The Morgan fingerprint density at radius 1 is 0.300 bits per heavy atom. The van der Waals surface area contributed by atoms with Crippen molar-refractivity contribution in [1.29, 1.82) is 0 Å². The third kappa shape index (κ3) is 5.03. The van der Waals surface area contributed by atoms with Crippen molar-refractivity contribution in [3.8, 4) is 61.4 Å². The van der Waals surface area contributed by atoms with Crippen molar-refractivity contribution in [3.63, 3.8) is 0 Å². The molecule has 0 N–H and O–H groups in total. The average molecular weight is 639 g/mol. The first kappa shape index (κ1) is 29.7. The molecule has 0 aliphatic heterocycles. The molecule has 1 heteroatoms. The van der Waals surface area contributed by atoms with Gasteiger partial charge in [-0.05, 0) is 89.0 Å². The second-order valence-electron chi connectivity index (χ2n) is 12.8. The second-order valence-corrected chi connectivity index (χ2v) is 12.8. The standard InChI is InChI=1S/C49H34O/c1-50-49-40(35-17-6-3-7-18-35)26-14-27-41(49)37-21-12-22-38(31-37)47-43-24-10-11-25-44(43)48(42-28-13-20-34-19-8-9-23-39(34)42)45-30-29-36(32-46(45)47)33-15-4-2-5-16-33/h2-32H,1H3. The molecule has 0 atom stereocenters. The fourth-order valence-electron chi connectivity index (χ4n) is 7.70. The highest BCUT2D eigenvalue weighted by molar-refractivity contribution is 6.24. The predicted octanol–water partition coefficient (Wildman–Crippen LogP) is 13.5. The highest BCUT2D eigenvalue weighted by Gasteiger charge is 2.20. The van der Waals surface area contributed by atoms with E-state index < -0.39 is 0 Å². The van der Waals surface area contributed by atoms with Gasteiger partial charge in [-0.1, -0.05) is 176 Å². The summed E-state index contributed by atoms with van der Waals surface area (Å²) in [5.74, 6) is 0.878. The number of hydrogen-bond acceptors (Lipinski definition) is 1. The molecule has 9 aromatic rings. The van der Waals surface area contributed by atoms with E-state index >= 15 is 0 Å². The molecule has 50 heavy (non-hydrogen) atoms. The molecule has 0 spiro atoms. The Kier molecular flexibility index (Phi) is 7.44. The van der Waals surface area contributed by atoms with Crippen LogP contribution in [0.3, 0.4) is 0 Å². The van der Waals surface area contributed by atoms with Gasteiger partial charge in [0, 0.05) is 11.1 Å². The molecule has 236 valence electrons. The monoisotopic (exact) mass is 638 g/mol. The normalized spacial score (nSPS) is 11.3. The molecular formula is C49H34O. The lowest BCUT2D eigenvalue weighted by molar-refractivity contribution is 0.418. The van der Waals surface area contributed by atoms with Gasteiger partial charge in [0.15, 0.2) is 0 Å².